The van der Waals surface area contributed by atoms with Crippen molar-refractivity contribution < 1.29 is 14.2 Å². The predicted octanol–water partition coefficient (Wildman–Crippen LogP) is 3.51. The molecule has 4 aromatic rings. The number of nitrogens with zero attached hydrogens (tertiary/aromatic N) is 7. The number of fused-ring (bicyclic) bond motifs is 1. The Morgan fingerprint density at radius 1 is 0.974 bits per heavy atom. The summed E-state index contributed by atoms with van der Waals surface area (Å²) >= 11 is 0. The average molecular weight is 533 g/mol. The number of hydrogen-bond donors (Lipinski definition) is 1. The van der Waals surface area contributed by atoms with Gasteiger partial charge in [-0.25, -0.2) is 4.98 Å². The highest BCUT2D eigenvalue weighted by molar-refractivity contribution is 5.81. The van der Waals surface area contributed by atoms with E-state index in [0.29, 0.717) is 37.3 Å². The highest BCUT2D eigenvalue weighted by Gasteiger charge is 2.19. The number of morpholine rings is 1. The molecule has 0 aromatic carbocycles. The molecule has 0 spiro atoms. The Balaban J connectivity index is 1.30. The Bertz CT molecular complexity index is 1360. The summed E-state index contributed by atoms with van der Waals surface area (Å²) in [5.74, 6) is 1.72. The molecular formula is C28H36N8O3. The lowest BCUT2D eigenvalue weighted by Crippen LogP contribution is -2.43. The van der Waals surface area contributed by atoms with Gasteiger partial charge < -0.3 is 19.5 Å². The maximum absolute atomic E-state index is 6.14. The van der Waals surface area contributed by atoms with Crippen LogP contribution in [0.25, 0.3) is 22.2 Å². The first-order chi connectivity index (χ1) is 19.1. The van der Waals surface area contributed by atoms with Crippen LogP contribution in [-0.4, -0.2) is 94.1 Å². The van der Waals surface area contributed by atoms with E-state index >= 15 is 0 Å². The fourth-order valence-electron chi connectivity index (χ4n) is 4.48. The monoisotopic (exact) mass is 532 g/mol. The smallest absolute Gasteiger partial charge is 0.154 e. The Hall–Kier alpha value is -3.51. The van der Waals surface area contributed by atoms with E-state index < -0.39 is 0 Å². The largest absolute Gasteiger partial charge is 0.382 e. The van der Waals surface area contributed by atoms with Crippen molar-refractivity contribution in [3.8, 4) is 11.1 Å². The SMILES string of the molecule is COCCOC(CN1CCOCC1)Cn1cc(-c2cnc3ccc(Nc4cc(C(C)C)cnn4)nc3c2)cn1. The van der Waals surface area contributed by atoms with Crippen LogP contribution in [0.4, 0.5) is 11.6 Å². The maximum Gasteiger partial charge on any atom is 0.154 e. The van der Waals surface area contributed by atoms with Crippen LogP contribution in [-0.2, 0) is 20.8 Å². The van der Waals surface area contributed by atoms with Gasteiger partial charge in [-0.2, -0.15) is 10.2 Å². The summed E-state index contributed by atoms with van der Waals surface area (Å²) in [5.41, 5.74) is 4.64. The van der Waals surface area contributed by atoms with Crippen molar-refractivity contribution >= 4 is 22.7 Å². The molecule has 1 N–H and O–H groups in total. The number of nitrogens with one attached hydrogen (secondary N) is 1. The molecule has 11 heteroatoms. The van der Waals surface area contributed by atoms with E-state index in [1.165, 1.54) is 0 Å². The summed E-state index contributed by atoms with van der Waals surface area (Å²) in [5, 5.41) is 16.2. The van der Waals surface area contributed by atoms with Crippen LogP contribution >= 0.6 is 0 Å². The molecule has 11 nitrogen and oxygen atoms in total. The molecule has 0 saturated carbocycles. The highest BCUT2D eigenvalue weighted by Crippen LogP contribution is 2.24. The minimum absolute atomic E-state index is 0.00618. The molecule has 0 bridgehead atoms. The summed E-state index contributed by atoms with van der Waals surface area (Å²) in [6, 6.07) is 7.88. The van der Waals surface area contributed by atoms with E-state index in [1.54, 1.807) is 13.3 Å². The van der Waals surface area contributed by atoms with Gasteiger partial charge >= 0.3 is 0 Å². The van der Waals surface area contributed by atoms with E-state index in [4.69, 9.17) is 19.2 Å². The minimum atomic E-state index is -0.00618. The second-order valence-corrected chi connectivity index (χ2v) is 9.96. The van der Waals surface area contributed by atoms with Crippen LogP contribution in [0.2, 0.25) is 0 Å². The third kappa shape index (κ3) is 7.33. The zero-order valence-corrected chi connectivity index (χ0v) is 22.8. The lowest BCUT2D eigenvalue weighted by Gasteiger charge is -2.30. The van der Waals surface area contributed by atoms with Gasteiger partial charge in [-0.05, 0) is 35.7 Å². The molecule has 1 aliphatic heterocycles. The number of rotatable bonds is 12. The number of anilines is 2. The van der Waals surface area contributed by atoms with Gasteiger partial charge in [0.25, 0.3) is 0 Å². The van der Waals surface area contributed by atoms with E-state index in [1.807, 2.05) is 47.5 Å². The first kappa shape index (κ1) is 27.1. The van der Waals surface area contributed by atoms with E-state index in [0.717, 1.165) is 60.6 Å². The Morgan fingerprint density at radius 3 is 2.67 bits per heavy atom. The fraction of sp³-hybridized carbons (Fsp3) is 0.464. The van der Waals surface area contributed by atoms with Crippen LogP contribution in [0.15, 0.2) is 49.1 Å². The molecule has 0 aliphatic carbocycles. The first-order valence-corrected chi connectivity index (χ1v) is 13.4. The summed E-state index contributed by atoms with van der Waals surface area (Å²) in [6.45, 7) is 10.2. The van der Waals surface area contributed by atoms with E-state index in [9.17, 15) is 0 Å². The number of hydrogen-bond acceptors (Lipinski definition) is 10. The van der Waals surface area contributed by atoms with Crippen LogP contribution in [0, 0.1) is 0 Å². The van der Waals surface area contributed by atoms with Crippen LogP contribution in [0.3, 0.4) is 0 Å². The van der Waals surface area contributed by atoms with Gasteiger partial charge in [0.1, 0.15) is 5.82 Å². The molecule has 5 rings (SSSR count). The van der Waals surface area contributed by atoms with E-state index in [2.05, 4.69) is 44.3 Å². The zero-order chi connectivity index (χ0) is 27.0. The van der Waals surface area contributed by atoms with Crippen molar-refractivity contribution in [2.24, 2.45) is 0 Å². The molecule has 1 fully saturated rings. The molecule has 0 radical (unpaired) electrons. The number of ether oxygens (including phenoxy) is 3. The molecular weight excluding hydrogens is 496 g/mol. The van der Waals surface area contributed by atoms with Gasteiger partial charge in [0.05, 0.1) is 62.5 Å². The summed E-state index contributed by atoms with van der Waals surface area (Å²) < 4.78 is 18.7. The number of methoxy groups -OCH3 is 1. The van der Waals surface area contributed by atoms with Crippen molar-refractivity contribution in [2.75, 3.05) is 58.5 Å². The van der Waals surface area contributed by atoms with Gasteiger partial charge in [0.15, 0.2) is 5.82 Å². The molecule has 1 saturated heterocycles. The van der Waals surface area contributed by atoms with Crippen LogP contribution in [0.1, 0.15) is 25.3 Å². The average Bonchev–Trinajstić information content (AvgIpc) is 3.42. The second-order valence-electron chi connectivity index (χ2n) is 9.96. The molecule has 39 heavy (non-hydrogen) atoms. The molecule has 4 aromatic heterocycles. The van der Waals surface area contributed by atoms with Gasteiger partial charge in [0, 0.05) is 50.3 Å². The number of aromatic nitrogens is 6. The van der Waals surface area contributed by atoms with Crippen LogP contribution < -0.4 is 5.32 Å². The lowest BCUT2D eigenvalue weighted by atomic mass is 10.1. The molecule has 0 amide bonds. The molecule has 1 aliphatic rings. The summed E-state index contributed by atoms with van der Waals surface area (Å²) in [7, 11) is 1.68. The minimum Gasteiger partial charge on any atom is -0.382 e. The predicted molar refractivity (Wildman–Crippen MR) is 149 cm³/mol. The van der Waals surface area contributed by atoms with Crippen molar-refractivity contribution in [3.05, 3.63) is 54.6 Å². The molecule has 1 atom stereocenters. The summed E-state index contributed by atoms with van der Waals surface area (Å²) in [6.07, 6.45) is 7.53. The summed E-state index contributed by atoms with van der Waals surface area (Å²) in [4.78, 5) is 11.8. The third-order valence-electron chi connectivity index (χ3n) is 6.70. The van der Waals surface area contributed by atoms with Crippen molar-refractivity contribution in [1.29, 1.82) is 0 Å². The first-order valence-electron chi connectivity index (χ1n) is 13.4. The Labute approximate surface area is 228 Å². The van der Waals surface area contributed by atoms with Gasteiger partial charge in [-0.15, -0.1) is 5.10 Å². The quantitative estimate of drug-likeness (QED) is 0.272. The molecule has 5 heterocycles. The standard InChI is InChI=1S/C28H36N8O3/c1-20(2)21-13-28(34-30-15-21)33-27-5-4-25-26(32-27)12-22(14-29-25)23-16-31-36(17-23)19-24(39-11-10-37-3)18-35-6-8-38-9-7-35/h4-5,12-17,20,24H,6-11,18-19H2,1-3H3,(H,32,33,34). The fourth-order valence-corrected chi connectivity index (χ4v) is 4.48. The van der Waals surface area contributed by atoms with Gasteiger partial charge in [-0.1, -0.05) is 13.8 Å². The van der Waals surface area contributed by atoms with E-state index in [-0.39, 0.29) is 6.10 Å². The Kier molecular flexibility index (Phi) is 9.04. The second kappa shape index (κ2) is 13.0. The van der Waals surface area contributed by atoms with Crippen LogP contribution in [0.5, 0.6) is 0 Å². The van der Waals surface area contributed by atoms with Crippen molar-refractivity contribution in [2.45, 2.75) is 32.4 Å². The van der Waals surface area contributed by atoms with Crippen molar-refractivity contribution in [1.82, 2.24) is 34.8 Å². The molecule has 1 unspecified atom stereocenters. The molecule has 206 valence electrons. The highest BCUT2D eigenvalue weighted by atomic mass is 16.5. The zero-order valence-electron chi connectivity index (χ0n) is 22.8. The third-order valence-corrected chi connectivity index (χ3v) is 6.70. The normalized spacial score (nSPS) is 15.2. The maximum atomic E-state index is 6.14. The van der Waals surface area contributed by atoms with Gasteiger partial charge in [-0.3, -0.25) is 14.6 Å². The number of pyridine rings is 2. The lowest BCUT2D eigenvalue weighted by molar-refractivity contribution is -0.0315. The van der Waals surface area contributed by atoms with Crippen molar-refractivity contribution in [3.63, 3.8) is 0 Å². The Morgan fingerprint density at radius 2 is 1.85 bits per heavy atom. The topological polar surface area (TPSA) is 112 Å². The van der Waals surface area contributed by atoms with Gasteiger partial charge in [0.2, 0.25) is 0 Å².